The Morgan fingerprint density at radius 2 is 1.71 bits per heavy atom. The molecule has 0 radical (unpaired) electrons. The lowest BCUT2D eigenvalue weighted by atomic mass is 9.98. The van der Waals surface area contributed by atoms with Crippen molar-refractivity contribution in [2.24, 2.45) is 0 Å². The molecule has 1 atom stereocenters. The summed E-state index contributed by atoms with van der Waals surface area (Å²) in [6, 6.07) is 10.6. The first-order valence-electron chi connectivity index (χ1n) is 8.73. The van der Waals surface area contributed by atoms with Crippen LogP contribution in [0, 0.1) is 0 Å². The molecular formula is C19H32N2. The number of hydrogen-bond donors (Lipinski definition) is 1. The normalized spacial score (nSPS) is 16.7. The molecule has 2 heteroatoms. The molecule has 1 aliphatic carbocycles. The summed E-state index contributed by atoms with van der Waals surface area (Å²) in [5.41, 5.74) is 2.87. The summed E-state index contributed by atoms with van der Waals surface area (Å²) in [6.45, 7) is 12.4. The van der Waals surface area contributed by atoms with Crippen LogP contribution >= 0.6 is 0 Å². The second-order valence-corrected chi connectivity index (χ2v) is 6.65. The van der Waals surface area contributed by atoms with E-state index in [4.69, 9.17) is 0 Å². The van der Waals surface area contributed by atoms with Gasteiger partial charge in [-0.1, -0.05) is 52.0 Å². The van der Waals surface area contributed by atoms with E-state index in [-0.39, 0.29) is 0 Å². The van der Waals surface area contributed by atoms with Crippen LogP contribution in [0.3, 0.4) is 0 Å². The van der Waals surface area contributed by atoms with Crippen LogP contribution in [0.1, 0.15) is 70.0 Å². The highest BCUT2D eigenvalue weighted by Gasteiger charge is 2.29. The Bertz CT molecular complexity index is 406. The van der Waals surface area contributed by atoms with Crippen LogP contribution in [0.5, 0.6) is 0 Å². The zero-order chi connectivity index (χ0) is 15.2. The van der Waals surface area contributed by atoms with E-state index in [1.165, 1.54) is 36.9 Å². The summed E-state index contributed by atoms with van der Waals surface area (Å²) in [5, 5.41) is 3.74. The molecule has 0 aliphatic heterocycles. The minimum absolute atomic E-state index is 0.465. The molecule has 0 amide bonds. The molecule has 0 aromatic heterocycles. The smallest absolute Gasteiger partial charge is 0.0449 e. The van der Waals surface area contributed by atoms with Crippen molar-refractivity contribution in [3.05, 3.63) is 35.4 Å². The lowest BCUT2D eigenvalue weighted by Crippen LogP contribution is -2.36. The first-order valence-corrected chi connectivity index (χ1v) is 8.73. The highest BCUT2D eigenvalue weighted by Crippen LogP contribution is 2.29. The molecule has 2 rings (SSSR count). The summed E-state index contributed by atoms with van der Waals surface area (Å²) in [7, 11) is 0. The molecule has 1 saturated carbocycles. The Labute approximate surface area is 130 Å². The fourth-order valence-electron chi connectivity index (χ4n) is 2.93. The molecule has 0 saturated heterocycles. The molecule has 2 nitrogen and oxygen atoms in total. The van der Waals surface area contributed by atoms with Crippen molar-refractivity contribution in [2.75, 3.05) is 19.6 Å². The number of benzene rings is 1. The Morgan fingerprint density at radius 1 is 1.10 bits per heavy atom. The van der Waals surface area contributed by atoms with Crippen LogP contribution in [0.25, 0.3) is 0 Å². The number of hydrogen-bond acceptors (Lipinski definition) is 2. The Hall–Kier alpha value is -0.860. The van der Waals surface area contributed by atoms with E-state index in [1.54, 1.807) is 0 Å². The van der Waals surface area contributed by atoms with Crippen LogP contribution in [0.2, 0.25) is 0 Å². The minimum Gasteiger partial charge on any atom is -0.309 e. The van der Waals surface area contributed by atoms with Gasteiger partial charge in [-0.15, -0.1) is 0 Å². The van der Waals surface area contributed by atoms with Gasteiger partial charge in [0.25, 0.3) is 0 Å². The van der Waals surface area contributed by atoms with Crippen LogP contribution < -0.4 is 5.32 Å². The number of rotatable bonds is 9. The van der Waals surface area contributed by atoms with Gasteiger partial charge in [-0.25, -0.2) is 0 Å². The largest absolute Gasteiger partial charge is 0.309 e. The first kappa shape index (κ1) is 16.5. The number of likely N-dealkylation sites (N-methyl/N-ethyl adjacent to an activating group) is 1. The minimum atomic E-state index is 0.465. The van der Waals surface area contributed by atoms with Gasteiger partial charge in [-0.2, -0.15) is 0 Å². The monoisotopic (exact) mass is 288 g/mol. The van der Waals surface area contributed by atoms with E-state index in [1.807, 2.05) is 0 Å². The Kier molecular flexibility index (Phi) is 6.25. The molecule has 1 fully saturated rings. The average molecular weight is 288 g/mol. The van der Waals surface area contributed by atoms with Crippen molar-refractivity contribution in [3.8, 4) is 0 Å². The molecule has 1 aromatic carbocycles. The summed E-state index contributed by atoms with van der Waals surface area (Å²) in [6.07, 6.45) is 3.97. The van der Waals surface area contributed by atoms with Crippen LogP contribution in [-0.4, -0.2) is 30.6 Å². The lowest BCUT2D eigenvalue weighted by molar-refractivity contribution is 0.244. The van der Waals surface area contributed by atoms with Gasteiger partial charge in [0.15, 0.2) is 0 Å². The zero-order valence-corrected chi connectivity index (χ0v) is 14.2. The second kappa shape index (κ2) is 7.95. The summed E-state index contributed by atoms with van der Waals surface area (Å²) < 4.78 is 0. The average Bonchev–Trinajstić information content (AvgIpc) is 3.32. The molecular weight excluding hydrogens is 256 g/mol. The van der Waals surface area contributed by atoms with Crippen LogP contribution in [0.15, 0.2) is 24.3 Å². The SMILES string of the molecule is CCCNC(CN(CC)C1CC1)c1ccc(C(C)C)cc1. The van der Waals surface area contributed by atoms with E-state index < -0.39 is 0 Å². The van der Waals surface area contributed by atoms with Crippen LogP contribution in [0.4, 0.5) is 0 Å². The molecule has 1 aliphatic rings. The molecule has 1 unspecified atom stereocenters. The van der Waals surface area contributed by atoms with E-state index in [0.717, 1.165) is 19.1 Å². The number of nitrogens with zero attached hydrogens (tertiary/aromatic N) is 1. The van der Waals surface area contributed by atoms with Crippen molar-refractivity contribution in [1.82, 2.24) is 10.2 Å². The number of nitrogens with one attached hydrogen (secondary N) is 1. The van der Waals surface area contributed by atoms with E-state index >= 15 is 0 Å². The second-order valence-electron chi connectivity index (χ2n) is 6.65. The summed E-state index contributed by atoms with van der Waals surface area (Å²) in [5.74, 6) is 0.611. The third-order valence-corrected chi connectivity index (χ3v) is 4.53. The first-order chi connectivity index (χ1) is 10.2. The molecule has 1 N–H and O–H groups in total. The van der Waals surface area contributed by atoms with Gasteiger partial charge in [0.1, 0.15) is 0 Å². The van der Waals surface area contributed by atoms with Gasteiger partial charge in [0.2, 0.25) is 0 Å². The standard InChI is InChI=1S/C19H32N2/c1-5-13-20-19(14-21(6-2)18-11-12-18)17-9-7-16(8-10-17)15(3)4/h7-10,15,18-20H,5-6,11-14H2,1-4H3. The molecule has 0 heterocycles. The van der Waals surface area contributed by atoms with Gasteiger partial charge in [-0.3, -0.25) is 4.90 Å². The lowest BCUT2D eigenvalue weighted by Gasteiger charge is -2.28. The topological polar surface area (TPSA) is 15.3 Å². The fourth-order valence-corrected chi connectivity index (χ4v) is 2.93. The highest BCUT2D eigenvalue weighted by atomic mass is 15.2. The van der Waals surface area contributed by atoms with E-state index in [0.29, 0.717) is 12.0 Å². The Balaban J connectivity index is 2.06. The van der Waals surface area contributed by atoms with Gasteiger partial charge >= 0.3 is 0 Å². The Morgan fingerprint density at radius 3 is 2.19 bits per heavy atom. The van der Waals surface area contributed by atoms with Gasteiger partial charge in [0.05, 0.1) is 0 Å². The predicted octanol–water partition coefficient (Wildman–Crippen LogP) is 4.34. The van der Waals surface area contributed by atoms with Gasteiger partial charge in [0, 0.05) is 18.6 Å². The maximum Gasteiger partial charge on any atom is 0.0449 e. The third-order valence-electron chi connectivity index (χ3n) is 4.53. The molecule has 0 spiro atoms. The molecule has 0 bridgehead atoms. The maximum absolute atomic E-state index is 3.74. The maximum atomic E-state index is 3.74. The zero-order valence-electron chi connectivity index (χ0n) is 14.2. The van der Waals surface area contributed by atoms with Gasteiger partial charge in [-0.05, 0) is 49.4 Å². The van der Waals surface area contributed by atoms with Gasteiger partial charge < -0.3 is 5.32 Å². The van der Waals surface area contributed by atoms with E-state index in [2.05, 4.69) is 62.2 Å². The molecule has 1 aromatic rings. The van der Waals surface area contributed by atoms with Crippen molar-refractivity contribution >= 4 is 0 Å². The van der Waals surface area contributed by atoms with Crippen molar-refractivity contribution < 1.29 is 0 Å². The fraction of sp³-hybridized carbons (Fsp3) is 0.684. The summed E-state index contributed by atoms with van der Waals surface area (Å²) in [4.78, 5) is 2.64. The predicted molar refractivity (Wildman–Crippen MR) is 91.8 cm³/mol. The van der Waals surface area contributed by atoms with Crippen molar-refractivity contribution in [2.45, 2.75) is 65.0 Å². The highest BCUT2D eigenvalue weighted by molar-refractivity contribution is 5.27. The molecule has 118 valence electrons. The third kappa shape index (κ3) is 4.82. The van der Waals surface area contributed by atoms with Crippen molar-refractivity contribution in [1.29, 1.82) is 0 Å². The van der Waals surface area contributed by atoms with E-state index in [9.17, 15) is 0 Å². The molecule has 21 heavy (non-hydrogen) atoms. The summed E-state index contributed by atoms with van der Waals surface area (Å²) >= 11 is 0. The van der Waals surface area contributed by atoms with Crippen LogP contribution in [-0.2, 0) is 0 Å². The quantitative estimate of drug-likeness (QED) is 0.727. The van der Waals surface area contributed by atoms with Crippen molar-refractivity contribution in [3.63, 3.8) is 0 Å².